The Morgan fingerprint density at radius 3 is 2.39 bits per heavy atom. The second kappa shape index (κ2) is 9.69. The zero-order valence-electron chi connectivity index (χ0n) is 15.2. The van der Waals surface area contributed by atoms with Crippen molar-refractivity contribution in [3.8, 4) is 5.75 Å². The molecule has 0 radical (unpaired) electrons. The third-order valence-electron chi connectivity index (χ3n) is 3.71. The molecule has 0 spiro atoms. The lowest BCUT2D eigenvalue weighted by atomic mass is 10.2. The fraction of sp³-hybridized carbons (Fsp3) is 0.278. The standard InChI is InChI=1S/C18H19Cl3N2O4S/c1-12-3-5-14(10-16(12)20)27-8-7-22-18(24)11-23(28(2,25)26)13-4-6-15(19)17(21)9-13/h3-6,9-10H,7-8,11H2,1-2H3,(H,22,24). The van der Waals surface area contributed by atoms with Crippen LogP contribution in [0.2, 0.25) is 15.1 Å². The van der Waals surface area contributed by atoms with Gasteiger partial charge in [0.2, 0.25) is 15.9 Å². The van der Waals surface area contributed by atoms with Crippen LogP contribution in [0.25, 0.3) is 0 Å². The van der Waals surface area contributed by atoms with E-state index in [9.17, 15) is 13.2 Å². The first kappa shape index (κ1) is 22.6. The number of halogens is 3. The Morgan fingerprint density at radius 1 is 1.07 bits per heavy atom. The highest BCUT2D eigenvalue weighted by Gasteiger charge is 2.21. The van der Waals surface area contributed by atoms with Crippen molar-refractivity contribution in [2.75, 3.05) is 30.3 Å². The second-order valence-corrected chi connectivity index (χ2v) is 9.11. The van der Waals surface area contributed by atoms with Gasteiger partial charge in [0, 0.05) is 5.02 Å². The lowest BCUT2D eigenvalue weighted by molar-refractivity contribution is -0.119. The van der Waals surface area contributed by atoms with Crippen molar-refractivity contribution >= 4 is 56.4 Å². The zero-order chi connectivity index (χ0) is 20.9. The molecule has 6 nitrogen and oxygen atoms in total. The molecule has 10 heteroatoms. The Kier molecular flexibility index (Phi) is 7.83. The van der Waals surface area contributed by atoms with E-state index in [1.54, 1.807) is 12.1 Å². The number of rotatable bonds is 8. The molecule has 0 aliphatic heterocycles. The van der Waals surface area contributed by atoms with E-state index in [2.05, 4.69) is 5.32 Å². The molecule has 0 bridgehead atoms. The van der Waals surface area contributed by atoms with E-state index in [0.717, 1.165) is 16.1 Å². The number of anilines is 1. The highest BCUT2D eigenvalue weighted by Crippen LogP contribution is 2.28. The van der Waals surface area contributed by atoms with Crippen LogP contribution in [0.1, 0.15) is 5.56 Å². The molecule has 1 amide bonds. The summed E-state index contributed by atoms with van der Waals surface area (Å²) in [4.78, 5) is 12.2. The summed E-state index contributed by atoms with van der Waals surface area (Å²) in [6.07, 6.45) is 1.01. The number of benzene rings is 2. The first-order chi connectivity index (χ1) is 13.1. The molecule has 0 saturated heterocycles. The minimum atomic E-state index is -3.70. The number of hydrogen-bond donors (Lipinski definition) is 1. The van der Waals surface area contributed by atoms with Crippen molar-refractivity contribution in [1.29, 1.82) is 0 Å². The molecule has 152 valence electrons. The van der Waals surface area contributed by atoms with Gasteiger partial charge in [0.15, 0.2) is 0 Å². The summed E-state index contributed by atoms with van der Waals surface area (Å²) < 4.78 is 30.6. The molecule has 28 heavy (non-hydrogen) atoms. The third-order valence-corrected chi connectivity index (χ3v) is 6.00. The van der Waals surface area contributed by atoms with Crippen molar-refractivity contribution < 1.29 is 17.9 Å². The average Bonchev–Trinajstić information content (AvgIpc) is 2.61. The van der Waals surface area contributed by atoms with Crippen molar-refractivity contribution in [3.63, 3.8) is 0 Å². The number of amides is 1. The van der Waals surface area contributed by atoms with Crippen LogP contribution >= 0.6 is 34.8 Å². The van der Waals surface area contributed by atoms with E-state index in [1.165, 1.54) is 18.2 Å². The maximum atomic E-state index is 12.2. The van der Waals surface area contributed by atoms with E-state index in [1.807, 2.05) is 13.0 Å². The number of nitrogens with one attached hydrogen (secondary N) is 1. The number of aryl methyl sites for hydroxylation is 1. The third kappa shape index (κ3) is 6.44. The van der Waals surface area contributed by atoms with Crippen molar-refractivity contribution in [3.05, 3.63) is 57.0 Å². The Labute approximate surface area is 179 Å². The number of carbonyl (C=O) groups is 1. The molecule has 2 aromatic rings. The number of hydrogen-bond acceptors (Lipinski definition) is 4. The van der Waals surface area contributed by atoms with Gasteiger partial charge in [0.25, 0.3) is 0 Å². The van der Waals surface area contributed by atoms with Gasteiger partial charge in [-0.2, -0.15) is 0 Å². The quantitative estimate of drug-likeness (QED) is 0.600. The van der Waals surface area contributed by atoms with Crippen LogP contribution in [-0.4, -0.2) is 40.3 Å². The Morgan fingerprint density at radius 2 is 1.79 bits per heavy atom. The molecule has 0 heterocycles. The first-order valence-electron chi connectivity index (χ1n) is 8.16. The minimum absolute atomic E-state index is 0.193. The molecule has 0 fully saturated rings. The van der Waals surface area contributed by atoms with Crippen LogP contribution in [0.5, 0.6) is 5.75 Å². The summed E-state index contributed by atoms with van der Waals surface area (Å²) in [6.45, 7) is 1.89. The van der Waals surface area contributed by atoms with E-state index in [4.69, 9.17) is 39.5 Å². The van der Waals surface area contributed by atoms with Gasteiger partial charge in [0.1, 0.15) is 18.9 Å². The fourth-order valence-electron chi connectivity index (χ4n) is 2.25. The first-order valence-corrected chi connectivity index (χ1v) is 11.1. The van der Waals surface area contributed by atoms with Gasteiger partial charge in [-0.05, 0) is 42.8 Å². The fourth-order valence-corrected chi connectivity index (χ4v) is 3.56. The van der Waals surface area contributed by atoms with Gasteiger partial charge >= 0.3 is 0 Å². The molecule has 0 saturated carbocycles. The number of ether oxygens (including phenoxy) is 1. The maximum Gasteiger partial charge on any atom is 0.240 e. The smallest absolute Gasteiger partial charge is 0.240 e. The summed E-state index contributed by atoms with van der Waals surface area (Å²) in [5.41, 5.74) is 1.18. The summed E-state index contributed by atoms with van der Waals surface area (Å²) in [7, 11) is -3.70. The molecular formula is C18H19Cl3N2O4S. The Hall–Kier alpha value is -1.67. The van der Waals surface area contributed by atoms with Gasteiger partial charge in [-0.25, -0.2) is 8.42 Å². The summed E-state index contributed by atoms with van der Waals surface area (Å²) in [5.74, 6) is 0.0976. The summed E-state index contributed by atoms with van der Waals surface area (Å²) in [5, 5.41) is 3.69. The molecule has 2 rings (SSSR count). The molecule has 0 aliphatic carbocycles. The second-order valence-electron chi connectivity index (χ2n) is 5.98. The van der Waals surface area contributed by atoms with E-state index < -0.39 is 22.5 Å². The van der Waals surface area contributed by atoms with Crippen LogP contribution < -0.4 is 14.4 Å². The number of nitrogens with zero attached hydrogens (tertiary/aromatic N) is 1. The van der Waals surface area contributed by atoms with Crippen molar-refractivity contribution in [2.24, 2.45) is 0 Å². The highest BCUT2D eigenvalue weighted by atomic mass is 35.5. The minimum Gasteiger partial charge on any atom is -0.492 e. The van der Waals surface area contributed by atoms with Crippen LogP contribution in [0, 0.1) is 6.92 Å². The van der Waals surface area contributed by atoms with Gasteiger partial charge in [-0.15, -0.1) is 0 Å². The van der Waals surface area contributed by atoms with Gasteiger partial charge in [-0.3, -0.25) is 9.10 Å². The van der Waals surface area contributed by atoms with Crippen molar-refractivity contribution in [2.45, 2.75) is 6.92 Å². The Balaban J connectivity index is 1.93. The molecular weight excluding hydrogens is 447 g/mol. The summed E-state index contributed by atoms with van der Waals surface area (Å²) in [6, 6.07) is 9.63. The summed E-state index contributed by atoms with van der Waals surface area (Å²) >= 11 is 17.8. The predicted octanol–water partition coefficient (Wildman–Crippen LogP) is 3.92. The van der Waals surface area contributed by atoms with E-state index in [0.29, 0.717) is 10.8 Å². The molecule has 0 unspecified atom stereocenters. The molecule has 0 aromatic heterocycles. The monoisotopic (exact) mass is 464 g/mol. The molecule has 0 aliphatic rings. The number of carbonyl (C=O) groups excluding carboxylic acids is 1. The molecule has 1 N–H and O–H groups in total. The van der Waals surface area contributed by atoms with Gasteiger partial charge in [0.05, 0.1) is 28.5 Å². The normalized spacial score (nSPS) is 11.2. The molecule has 0 atom stereocenters. The highest BCUT2D eigenvalue weighted by molar-refractivity contribution is 7.92. The van der Waals surface area contributed by atoms with Gasteiger partial charge < -0.3 is 10.1 Å². The average molecular weight is 466 g/mol. The van der Waals surface area contributed by atoms with Crippen LogP contribution in [0.15, 0.2) is 36.4 Å². The van der Waals surface area contributed by atoms with Crippen LogP contribution in [-0.2, 0) is 14.8 Å². The largest absolute Gasteiger partial charge is 0.492 e. The lowest BCUT2D eigenvalue weighted by Crippen LogP contribution is -2.41. The maximum absolute atomic E-state index is 12.2. The van der Waals surface area contributed by atoms with E-state index >= 15 is 0 Å². The van der Waals surface area contributed by atoms with E-state index in [-0.39, 0.29) is 28.9 Å². The Bertz CT molecular complexity index is 967. The SMILES string of the molecule is Cc1ccc(OCCNC(=O)CN(c2ccc(Cl)c(Cl)c2)S(C)(=O)=O)cc1Cl. The van der Waals surface area contributed by atoms with Gasteiger partial charge in [-0.1, -0.05) is 40.9 Å². The number of sulfonamides is 1. The topological polar surface area (TPSA) is 75.7 Å². The predicted molar refractivity (Wildman–Crippen MR) is 113 cm³/mol. The van der Waals surface area contributed by atoms with Crippen LogP contribution in [0.4, 0.5) is 5.69 Å². The van der Waals surface area contributed by atoms with Crippen molar-refractivity contribution in [1.82, 2.24) is 5.32 Å². The van der Waals surface area contributed by atoms with Crippen LogP contribution in [0.3, 0.4) is 0 Å². The zero-order valence-corrected chi connectivity index (χ0v) is 18.3. The lowest BCUT2D eigenvalue weighted by Gasteiger charge is -2.22. The molecule has 2 aromatic carbocycles.